The zero-order valence-electron chi connectivity index (χ0n) is 10.1. The number of halogens is 3. The summed E-state index contributed by atoms with van der Waals surface area (Å²) >= 11 is 0. The summed E-state index contributed by atoms with van der Waals surface area (Å²) in [6.45, 7) is 4.74. The van der Waals surface area contributed by atoms with Crippen LogP contribution in [0.5, 0.6) is 5.75 Å². The first kappa shape index (κ1) is 14.3. The molecule has 1 rings (SSSR count). The fourth-order valence-electron chi connectivity index (χ4n) is 1.27. The van der Waals surface area contributed by atoms with Gasteiger partial charge in [0.1, 0.15) is 16.9 Å². The quantitative estimate of drug-likeness (QED) is 0.789. The molecule has 0 saturated heterocycles. The smallest absolute Gasteiger partial charge is 0.419 e. The number of phenolic OH excluding ortho intramolecular Hbond substituents is 1. The second-order valence-corrected chi connectivity index (χ2v) is 4.70. The summed E-state index contributed by atoms with van der Waals surface area (Å²) in [5, 5.41) is 9.47. The van der Waals surface area contributed by atoms with E-state index in [1.807, 2.05) is 0 Å². The Morgan fingerprint density at radius 1 is 1.22 bits per heavy atom. The molecule has 18 heavy (non-hydrogen) atoms. The minimum Gasteiger partial charge on any atom is -0.506 e. The van der Waals surface area contributed by atoms with Crippen LogP contribution in [0.3, 0.4) is 0 Å². The van der Waals surface area contributed by atoms with E-state index in [0.29, 0.717) is 6.07 Å². The van der Waals surface area contributed by atoms with E-state index in [4.69, 9.17) is 4.74 Å². The predicted molar refractivity (Wildman–Crippen MR) is 58.3 cm³/mol. The molecule has 0 aromatic heterocycles. The average Bonchev–Trinajstić information content (AvgIpc) is 2.12. The molecule has 0 radical (unpaired) electrons. The number of benzene rings is 1. The van der Waals surface area contributed by atoms with Crippen LogP contribution in [0.15, 0.2) is 18.2 Å². The Morgan fingerprint density at radius 2 is 1.78 bits per heavy atom. The zero-order valence-corrected chi connectivity index (χ0v) is 10.1. The van der Waals surface area contributed by atoms with E-state index in [1.165, 1.54) is 0 Å². The Labute approximate surface area is 102 Å². The summed E-state index contributed by atoms with van der Waals surface area (Å²) in [7, 11) is 0. The molecular formula is C12H13F3O3. The van der Waals surface area contributed by atoms with Gasteiger partial charge < -0.3 is 9.84 Å². The maximum atomic E-state index is 12.5. The summed E-state index contributed by atoms with van der Waals surface area (Å²) in [4.78, 5) is 11.6. The lowest BCUT2D eigenvalue weighted by Gasteiger charge is -2.20. The minimum atomic E-state index is -4.72. The molecule has 0 bridgehead atoms. The molecule has 1 N–H and O–H groups in total. The standard InChI is InChI=1S/C12H13F3O3/c1-11(2,3)18-10(17)7-5-4-6-8(9(7)16)12(13,14)15/h4-6,16H,1-3H3. The van der Waals surface area contributed by atoms with E-state index in [1.54, 1.807) is 20.8 Å². The van der Waals surface area contributed by atoms with E-state index < -0.39 is 34.6 Å². The molecule has 1 aromatic carbocycles. The predicted octanol–water partition coefficient (Wildman–Crippen LogP) is 3.37. The molecule has 0 atom stereocenters. The van der Waals surface area contributed by atoms with Crippen molar-refractivity contribution in [1.82, 2.24) is 0 Å². The molecule has 1 aromatic rings. The van der Waals surface area contributed by atoms with Crippen molar-refractivity contribution >= 4 is 5.97 Å². The largest absolute Gasteiger partial charge is 0.506 e. The fourth-order valence-corrected chi connectivity index (χ4v) is 1.27. The van der Waals surface area contributed by atoms with Crippen molar-refractivity contribution in [2.75, 3.05) is 0 Å². The maximum Gasteiger partial charge on any atom is 0.419 e. The highest BCUT2D eigenvalue weighted by atomic mass is 19.4. The number of alkyl halides is 3. The molecule has 0 aliphatic rings. The van der Waals surface area contributed by atoms with Crippen molar-refractivity contribution in [3.05, 3.63) is 29.3 Å². The van der Waals surface area contributed by atoms with Crippen molar-refractivity contribution in [2.45, 2.75) is 32.5 Å². The molecule has 0 unspecified atom stereocenters. The van der Waals surface area contributed by atoms with Gasteiger partial charge in [-0.25, -0.2) is 4.79 Å². The Bertz CT molecular complexity index is 459. The van der Waals surface area contributed by atoms with Crippen LogP contribution in [0.25, 0.3) is 0 Å². The van der Waals surface area contributed by atoms with Crippen molar-refractivity contribution in [3.63, 3.8) is 0 Å². The third-order valence-electron chi connectivity index (χ3n) is 1.96. The third-order valence-corrected chi connectivity index (χ3v) is 1.96. The highest BCUT2D eigenvalue weighted by Gasteiger charge is 2.36. The topological polar surface area (TPSA) is 46.5 Å². The number of esters is 1. The molecule has 0 spiro atoms. The van der Waals surface area contributed by atoms with Gasteiger partial charge in [-0.3, -0.25) is 0 Å². The Balaban J connectivity index is 3.16. The van der Waals surface area contributed by atoms with Gasteiger partial charge in [-0.1, -0.05) is 6.07 Å². The summed E-state index contributed by atoms with van der Waals surface area (Å²) < 4.78 is 42.5. The fraction of sp³-hybridized carbons (Fsp3) is 0.417. The number of rotatable bonds is 1. The van der Waals surface area contributed by atoms with Crippen LogP contribution in [0.1, 0.15) is 36.7 Å². The number of para-hydroxylation sites is 1. The van der Waals surface area contributed by atoms with E-state index in [2.05, 4.69) is 0 Å². The SMILES string of the molecule is CC(C)(C)OC(=O)c1cccc(C(F)(F)F)c1O. The number of phenols is 1. The molecule has 0 amide bonds. The monoisotopic (exact) mass is 262 g/mol. The van der Waals surface area contributed by atoms with Gasteiger partial charge in [-0.05, 0) is 32.9 Å². The number of ether oxygens (including phenoxy) is 1. The van der Waals surface area contributed by atoms with E-state index >= 15 is 0 Å². The second-order valence-electron chi connectivity index (χ2n) is 4.70. The van der Waals surface area contributed by atoms with Crippen molar-refractivity contribution in [3.8, 4) is 5.75 Å². The Hall–Kier alpha value is -1.72. The van der Waals surface area contributed by atoms with E-state index in [0.717, 1.165) is 12.1 Å². The summed E-state index contributed by atoms with van der Waals surface area (Å²) in [6.07, 6.45) is -4.72. The lowest BCUT2D eigenvalue weighted by molar-refractivity contribution is -0.138. The molecule has 6 heteroatoms. The maximum absolute atomic E-state index is 12.5. The van der Waals surface area contributed by atoms with Crippen LogP contribution in [0.4, 0.5) is 13.2 Å². The van der Waals surface area contributed by atoms with Gasteiger partial charge >= 0.3 is 12.1 Å². The van der Waals surface area contributed by atoms with Crippen LogP contribution >= 0.6 is 0 Å². The average molecular weight is 262 g/mol. The number of hydrogen-bond donors (Lipinski definition) is 1. The van der Waals surface area contributed by atoms with Crippen LogP contribution < -0.4 is 0 Å². The molecule has 0 fully saturated rings. The van der Waals surface area contributed by atoms with Crippen molar-refractivity contribution in [1.29, 1.82) is 0 Å². The lowest BCUT2D eigenvalue weighted by Crippen LogP contribution is -2.24. The normalized spacial score (nSPS) is 12.3. The zero-order chi connectivity index (χ0) is 14.1. The van der Waals surface area contributed by atoms with Crippen LogP contribution in [0, 0.1) is 0 Å². The van der Waals surface area contributed by atoms with Gasteiger partial charge in [-0.15, -0.1) is 0 Å². The van der Waals surface area contributed by atoms with Gasteiger partial charge in [0, 0.05) is 0 Å². The van der Waals surface area contributed by atoms with Gasteiger partial charge in [0.15, 0.2) is 0 Å². The molecule has 3 nitrogen and oxygen atoms in total. The summed E-state index contributed by atoms with van der Waals surface area (Å²) in [5.74, 6) is -2.11. The first-order chi connectivity index (χ1) is 8.02. The van der Waals surface area contributed by atoms with Gasteiger partial charge in [0.05, 0.1) is 5.56 Å². The van der Waals surface area contributed by atoms with Gasteiger partial charge in [0.25, 0.3) is 0 Å². The number of carbonyl (C=O) groups is 1. The first-order valence-electron chi connectivity index (χ1n) is 5.15. The van der Waals surface area contributed by atoms with Crippen LogP contribution in [-0.2, 0) is 10.9 Å². The minimum absolute atomic E-state index is 0.500. The third kappa shape index (κ3) is 3.38. The molecule has 0 heterocycles. The van der Waals surface area contributed by atoms with Gasteiger partial charge in [0.2, 0.25) is 0 Å². The van der Waals surface area contributed by atoms with Crippen molar-refractivity contribution < 1.29 is 27.8 Å². The Morgan fingerprint density at radius 3 is 2.22 bits per heavy atom. The highest BCUT2D eigenvalue weighted by Crippen LogP contribution is 2.37. The van der Waals surface area contributed by atoms with Crippen LogP contribution in [-0.4, -0.2) is 16.7 Å². The second kappa shape index (κ2) is 4.51. The molecule has 0 saturated carbocycles. The van der Waals surface area contributed by atoms with Crippen LogP contribution in [0.2, 0.25) is 0 Å². The molecule has 100 valence electrons. The van der Waals surface area contributed by atoms with E-state index in [-0.39, 0.29) is 0 Å². The molecule has 0 aliphatic carbocycles. The Kier molecular flexibility index (Phi) is 3.59. The van der Waals surface area contributed by atoms with Crippen molar-refractivity contribution in [2.24, 2.45) is 0 Å². The van der Waals surface area contributed by atoms with E-state index in [9.17, 15) is 23.1 Å². The lowest BCUT2D eigenvalue weighted by atomic mass is 10.1. The highest BCUT2D eigenvalue weighted by molar-refractivity contribution is 5.93. The van der Waals surface area contributed by atoms with Gasteiger partial charge in [-0.2, -0.15) is 13.2 Å². The molecular weight excluding hydrogens is 249 g/mol. The number of hydrogen-bond acceptors (Lipinski definition) is 3. The number of carbonyl (C=O) groups excluding carboxylic acids is 1. The summed E-state index contributed by atoms with van der Waals surface area (Å²) in [6, 6.07) is 2.82. The summed E-state index contributed by atoms with van der Waals surface area (Å²) in [5.41, 5.74) is -2.61. The first-order valence-corrected chi connectivity index (χ1v) is 5.15. The molecule has 0 aliphatic heterocycles. The number of aromatic hydroxyl groups is 1.